The molecule has 0 spiro atoms. The summed E-state index contributed by atoms with van der Waals surface area (Å²) in [4.78, 5) is 39.3. The van der Waals surface area contributed by atoms with Gasteiger partial charge in [0.05, 0.1) is 24.5 Å². The minimum absolute atomic E-state index is 0.0729. The van der Waals surface area contributed by atoms with Gasteiger partial charge < -0.3 is 14.8 Å². The van der Waals surface area contributed by atoms with Crippen LogP contribution in [0.15, 0.2) is 9.59 Å². The fourth-order valence-electron chi connectivity index (χ4n) is 3.93. The molecule has 8 nitrogen and oxygen atoms in total. The van der Waals surface area contributed by atoms with Crippen LogP contribution >= 0.6 is 11.3 Å². The van der Waals surface area contributed by atoms with Gasteiger partial charge in [-0.1, -0.05) is 0 Å². The SMILES string of the molecule is COC1CC(n2c(=O)c3c(C)c(CNCC(=O)OC(C)(C)C)sc3n(CCC(F)(F)F)c2=O)C1. The number of alkyl halides is 3. The van der Waals surface area contributed by atoms with Crippen molar-refractivity contribution in [3.05, 3.63) is 31.3 Å². The summed E-state index contributed by atoms with van der Waals surface area (Å²) in [5.74, 6) is -0.451. The molecular formula is C22H30F3N3O5S. The molecule has 12 heteroatoms. The number of aryl methyl sites for hydroxylation is 2. The van der Waals surface area contributed by atoms with Crippen LogP contribution in [0.4, 0.5) is 13.2 Å². The number of carbonyl (C=O) groups excluding carboxylic acids is 1. The molecule has 1 fully saturated rings. The summed E-state index contributed by atoms with van der Waals surface area (Å²) in [6, 6.07) is -0.417. The number of halogens is 3. The lowest BCUT2D eigenvalue weighted by molar-refractivity contribution is -0.153. The lowest BCUT2D eigenvalue weighted by atomic mass is 9.89. The topological polar surface area (TPSA) is 91.6 Å². The third-order valence-corrected chi connectivity index (χ3v) is 7.02. The molecule has 0 atom stereocenters. The van der Waals surface area contributed by atoms with Crippen LogP contribution < -0.4 is 16.6 Å². The van der Waals surface area contributed by atoms with Gasteiger partial charge in [0, 0.05) is 31.1 Å². The molecule has 3 rings (SSSR count). The van der Waals surface area contributed by atoms with Crippen molar-refractivity contribution < 1.29 is 27.4 Å². The van der Waals surface area contributed by atoms with Gasteiger partial charge in [0.2, 0.25) is 0 Å². The monoisotopic (exact) mass is 505 g/mol. The lowest BCUT2D eigenvalue weighted by Crippen LogP contribution is -2.47. The molecule has 0 amide bonds. The Labute approximate surface area is 198 Å². The fourth-order valence-corrected chi connectivity index (χ4v) is 5.22. The van der Waals surface area contributed by atoms with Crippen LogP contribution in [0, 0.1) is 6.92 Å². The first kappa shape index (κ1) is 26.4. The summed E-state index contributed by atoms with van der Waals surface area (Å²) in [5.41, 5.74) is -1.29. The summed E-state index contributed by atoms with van der Waals surface area (Å²) in [6.45, 7) is 6.51. The maximum atomic E-state index is 13.3. The Morgan fingerprint density at radius 2 is 1.85 bits per heavy atom. The van der Waals surface area contributed by atoms with E-state index in [0.29, 0.717) is 23.3 Å². The molecule has 2 aromatic heterocycles. The second-order valence-electron chi connectivity index (χ2n) is 9.48. The number of thiophene rings is 1. The van der Waals surface area contributed by atoms with E-state index in [1.54, 1.807) is 27.7 Å². The van der Waals surface area contributed by atoms with Gasteiger partial charge in [-0.25, -0.2) is 4.79 Å². The molecule has 1 aliphatic carbocycles. The molecule has 0 bridgehead atoms. The third-order valence-electron chi connectivity index (χ3n) is 5.70. The number of hydrogen-bond donors (Lipinski definition) is 1. The van der Waals surface area contributed by atoms with Crippen LogP contribution in [0.1, 0.15) is 56.5 Å². The first-order valence-electron chi connectivity index (χ1n) is 11.0. The highest BCUT2D eigenvalue weighted by Gasteiger charge is 2.35. The van der Waals surface area contributed by atoms with Crippen LogP contribution in [-0.4, -0.2) is 46.6 Å². The average molecular weight is 506 g/mol. The molecule has 1 saturated carbocycles. The molecule has 1 N–H and O–H groups in total. The van der Waals surface area contributed by atoms with E-state index in [4.69, 9.17) is 9.47 Å². The van der Waals surface area contributed by atoms with E-state index in [1.165, 1.54) is 7.11 Å². The summed E-state index contributed by atoms with van der Waals surface area (Å²) in [7, 11) is 1.54. The number of nitrogens with zero attached hydrogens (tertiary/aromatic N) is 2. The fraction of sp³-hybridized carbons (Fsp3) is 0.682. The van der Waals surface area contributed by atoms with Crippen molar-refractivity contribution in [1.82, 2.24) is 14.5 Å². The molecule has 0 aliphatic heterocycles. The molecule has 34 heavy (non-hydrogen) atoms. The lowest BCUT2D eigenvalue weighted by Gasteiger charge is -2.35. The van der Waals surface area contributed by atoms with Crippen molar-refractivity contribution in [3.63, 3.8) is 0 Å². The largest absolute Gasteiger partial charge is 0.459 e. The smallest absolute Gasteiger partial charge is 0.390 e. The Morgan fingerprint density at radius 3 is 2.41 bits per heavy atom. The van der Waals surface area contributed by atoms with E-state index >= 15 is 0 Å². The van der Waals surface area contributed by atoms with Gasteiger partial charge in [0.1, 0.15) is 10.4 Å². The van der Waals surface area contributed by atoms with Crippen molar-refractivity contribution in [2.24, 2.45) is 0 Å². The summed E-state index contributed by atoms with van der Waals surface area (Å²) >= 11 is 1.09. The Morgan fingerprint density at radius 1 is 1.21 bits per heavy atom. The van der Waals surface area contributed by atoms with Crippen LogP contribution in [-0.2, 0) is 27.4 Å². The second kappa shape index (κ2) is 9.82. The normalized spacial score (nSPS) is 18.8. The van der Waals surface area contributed by atoms with Crippen molar-refractivity contribution in [2.75, 3.05) is 13.7 Å². The van der Waals surface area contributed by atoms with Gasteiger partial charge in [-0.05, 0) is 46.1 Å². The van der Waals surface area contributed by atoms with Gasteiger partial charge in [0.25, 0.3) is 5.56 Å². The minimum atomic E-state index is -4.45. The maximum Gasteiger partial charge on any atom is 0.390 e. The minimum Gasteiger partial charge on any atom is -0.459 e. The zero-order valence-electron chi connectivity index (χ0n) is 19.9. The molecular weight excluding hydrogens is 475 g/mol. The molecule has 190 valence electrons. The number of fused-ring (bicyclic) bond motifs is 1. The zero-order valence-corrected chi connectivity index (χ0v) is 20.7. The van der Waals surface area contributed by atoms with Crippen LogP contribution in [0.25, 0.3) is 10.2 Å². The standard InChI is InChI=1S/C22H30F3N3O5S/c1-12-15(10-26-11-16(29)33-21(2,3)4)34-19-17(12)18(30)28(13-8-14(9-13)32-5)20(31)27(19)7-6-22(23,24)25/h13-14,26H,6-11H2,1-5H3. The van der Waals surface area contributed by atoms with Gasteiger partial charge >= 0.3 is 17.8 Å². The van der Waals surface area contributed by atoms with E-state index in [0.717, 1.165) is 20.5 Å². The van der Waals surface area contributed by atoms with E-state index in [2.05, 4.69) is 5.32 Å². The zero-order chi connectivity index (χ0) is 25.4. The van der Waals surface area contributed by atoms with Gasteiger partial charge in [-0.15, -0.1) is 11.3 Å². The number of ether oxygens (including phenoxy) is 2. The van der Waals surface area contributed by atoms with Crippen molar-refractivity contribution in [2.45, 2.75) is 84.0 Å². The number of carbonyl (C=O) groups is 1. The molecule has 0 radical (unpaired) electrons. The van der Waals surface area contributed by atoms with Crippen molar-refractivity contribution in [1.29, 1.82) is 0 Å². The van der Waals surface area contributed by atoms with E-state index in [1.807, 2.05) is 0 Å². The maximum absolute atomic E-state index is 13.3. The molecule has 0 aromatic carbocycles. The number of esters is 1. The highest BCUT2D eigenvalue weighted by atomic mass is 32.1. The van der Waals surface area contributed by atoms with E-state index < -0.39 is 48.0 Å². The Kier molecular flexibility index (Phi) is 7.63. The second-order valence-corrected chi connectivity index (χ2v) is 10.6. The predicted molar refractivity (Wildman–Crippen MR) is 122 cm³/mol. The van der Waals surface area contributed by atoms with Crippen LogP contribution in [0.5, 0.6) is 0 Å². The summed E-state index contributed by atoms with van der Waals surface area (Å²) in [6.07, 6.45) is -4.83. The van der Waals surface area contributed by atoms with Gasteiger partial charge in [-0.2, -0.15) is 13.2 Å². The number of aromatic nitrogens is 2. The summed E-state index contributed by atoms with van der Waals surface area (Å²) < 4.78 is 51.5. The summed E-state index contributed by atoms with van der Waals surface area (Å²) in [5, 5.41) is 3.19. The number of hydrogen-bond acceptors (Lipinski definition) is 7. The first-order valence-corrected chi connectivity index (χ1v) is 11.8. The van der Waals surface area contributed by atoms with Crippen molar-refractivity contribution in [3.8, 4) is 0 Å². The van der Waals surface area contributed by atoms with Gasteiger partial charge in [0.15, 0.2) is 0 Å². The highest BCUT2D eigenvalue weighted by Crippen LogP contribution is 2.34. The molecule has 0 saturated heterocycles. The average Bonchev–Trinajstić information content (AvgIpc) is 2.97. The predicted octanol–water partition coefficient (Wildman–Crippen LogP) is 3.27. The molecule has 1 aliphatic rings. The van der Waals surface area contributed by atoms with E-state index in [-0.39, 0.29) is 29.4 Å². The highest BCUT2D eigenvalue weighted by molar-refractivity contribution is 7.18. The Bertz CT molecular complexity index is 1170. The van der Waals surface area contributed by atoms with Crippen LogP contribution in [0.3, 0.4) is 0 Å². The van der Waals surface area contributed by atoms with Gasteiger partial charge in [-0.3, -0.25) is 18.7 Å². The number of rotatable bonds is 8. The molecule has 2 heterocycles. The Balaban J connectivity index is 1.97. The third kappa shape index (κ3) is 5.89. The van der Waals surface area contributed by atoms with Crippen LogP contribution in [0.2, 0.25) is 0 Å². The quantitative estimate of drug-likeness (QED) is 0.554. The Hall–Kier alpha value is -2.18. The number of methoxy groups -OCH3 is 1. The molecule has 0 unspecified atom stereocenters. The van der Waals surface area contributed by atoms with E-state index in [9.17, 15) is 27.6 Å². The first-order chi connectivity index (χ1) is 15.7. The van der Waals surface area contributed by atoms with Crippen molar-refractivity contribution >= 4 is 27.5 Å². The number of nitrogens with one attached hydrogen (secondary N) is 1. The molecule has 2 aromatic rings.